The molecular weight excluding hydrogens is 248 g/mol. The Hall–Kier alpha value is -1.35. The van der Waals surface area contributed by atoms with Crippen molar-refractivity contribution in [2.45, 2.75) is 45.6 Å². The molecule has 1 aliphatic carbocycles. The molecule has 1 aromatic carbocycles. The normalized spacial score (nSPS) is 24.1. The lowest BCUT2D eigenvalue weighted by atomic mass is 9.81. The quantitative estimate of drug-likeness (QED) is 0.887. The van der Waals surface area contributed by atoms with E-state index >= 15 is 0 Å². The molecule has 0 spiro atoms. The first kappa shape index (κ1) is 15.0. The van der Waals surface area contributed by atoms with Gasteiger partial charge in [0.15, 0.2) is 0 Å². The summed E-state index contributed by atoms with van der Waals surface area (Å²) >= 11 is 0. The zero-order valence-electron chi connectivity index (χ0n) is 12.6. The first-order valence-electron chi connectivity index (χ1n) is 7.67. The van der Waals surface area contributed by atoms with Gasteiger partial charge in [0.05, 0.1) is 6.04 Å². The summed E-state index contributed by atoms with van der Waals surface area (Å²) in [7, 11) is 0. The Kier molecular flexibility index (Phi) is 5.18. The van der Waals surface area contributed by atoms with Gasteiger partial charge in [-0.1, -0.05) is 29.8 Å². The molecule has 0 aromatic heterocycles. The number of nitrogens with one attached hydrogen (secondary N) is 1. The molecule has 1 fully saturated rings. The molecule has 20 heavy (non-hydrogen) atoms. The van der Waals surface area contributed by atoms with Crippen LogP contribution < -0.4 is 11.1 Å². The first-order valence-corrected chi connectivity index (χ1v) is 7.67. The van der Waals surface area contributed by atoms with E-state index in [0.29, 0.717) is 5.92 Å². The second-order valence-electron chi connectivity index (χ2n) is 6.09. The summed E-state index contributed by atoms with van der Waals surface area (Å²) in [6.45, 7) is 4.88. The lowest BCUT2D eigenvalue weighted by Gasteiger charge is -2.28. The fourth-order valence-electron chi connectivity index (χ4n) is 2.93. The third-order valence-corrected chi connectivity index (χ3v) is 4.49. The molecule has 3 nitrogen and oxygen atoms in total. The second-order valence-corrected chi connectivity index (χ2v) is 6.09. The van der Waals surface area contributed by atoms with Gasteiger partial charge in [0.25, 0.3) is 0 Å². The van der Waals surface area contributed by atoms with Crippen molar-refractivity contribution >= 4 is 5.91 Å². The van der Waals surface area contributed by atoms with Gasteiger partial charge in [-0.3, -0.25) is 4.79 Å². The van der Waals surface area contributed by atoms with Crippen LogP contribution in [0.1, 0.15) is 49.8 Å². The highest BCUT2D eigenvalue weighted by Gasteiger charge is 2.26. The van der Waals surface area contributed by atoms with E-state index in [1.807, 2.05) is 6.92 Å². The molecule has 3 N–H and O–H groups in total. The van der Waals surface area contributed by atoms with Crippen LogP contribution in [0.2, 0.25) is 0 Å². The third kappa shape index (κ3) is 3.83. The summed E-state index contributed by atoms with van der Waals surface area (Å²) in [6, 6.07) is 8.43. The summed E-state index contributed by atoms with van der Waals surface area (Å²) in [6.07, 6.45) is 4.14. The second kappa shape index (κ2) is 6.89. The van der Waals surface area contributed by atoms with Crippen molar-refractivity contribution in [3.05, 3.63) is 35.4 Å². The molecule has 110 valence electrons. The highest BCUT2D eigenvalue weighted by Crippen LogP contribution is 2.28. The van der Waals surface area contributed by atoms with Crippen LogP contribution in [0.25, 0.3) is 0 Å². The Balaban J connectivity index is 1.86. The van der Waals surface area contributed by atoms with Gasteiger partial charge in [0, 0.05) is 5.92 Å². The topological polar surface area (TPSA) is 55.1 Å². The van der Waals surface area contributed by atoms with Crippen LogP contribution in [0.3, 0.4) is 0 Å². The number of carbonyl (C=O) groups excluding carboxylic acids is 1. The maximum atomic E-state index is 12.3. The van der Waals surface area contributed by atoms with E-state index in [0.717, 1.165) is 32.2 Å². The summed E-state index contributed by atoms with van der Waals surface area (Å²) in [5.41, 5.74) is 8.10. The number of benzene rings is 1. The van der Waals surface area contributed by atoms with Crippen molar-refractivity contribution in [1.82, 2.24) is 5.32 Å². The van der Waals surface area contributed by atoms with Crippen LogP contribution in [-0.2, 0) is 4.79 Å². The molecule has 1 aliphatic rings. The monoisotopic (exact) mass is 274 g/mol. The zero-order chi connectivity index (χ0) is 14.5. The van der Waals surface area contributed by atoms with Crippen molar-refractivity contribution in [2.75, 3.05) is 6.54 Å². The highest BCUT2D eigenvalue weighted by molar-refractivity contribution is 5.79. The minimum Gasteiger partial charge on any atom is -0.349 e. The number of aryl methyl sites for hydroxylation is 1. The summed E-state index contributed by atoms with van der Waals surface area (Å²) in [4.78, 5) is 12.3. The van der Waals surface area contributed by atoms with Gasteiger partial charge < -0.3 is 11.1 Å². The molecule has 0 radical (unpaired) electrons. The smallest absolute Gasteiger partial charge is 0.223 e. The Bertz CT molecular complexity index is 433. The number of amides is 1. The molecule has 0 aliphatic heterocycles. The van der Waals surface area contributed by atoms with E-state index in [1.165, 1.54) is 11.1 Å². The van der Waals surface area contributed by atoms with E-state index in [-0.39, 0.29) is 17.9 Å². The van der Waals surface area contributed by atoms with Crippen LogP contribution in [0.4, 0.5) is 0 Å². The van der Waals surface area contributed by atoms with E-state index in [9.17, 15) is 4.79 Å². The number of rotatable bonds is 4. The first-order chi connectivity index (χ1) is 9.60. The molecule has 2 rings (SSSR count). The van der Waals surface area contributed by atoms with Crippen LogP contribution in [0.5, 0.6) is 0 Å². The van der Waals surface area contributed by atoms with Gasteiger partial charge in [-0.05, 0) is 57.6 Å². The van der Waals surface area contributed by atoms with Crippen LogP contribution in [-0.4, -0.2) is 12.5 Å². The third-order valence-electron chi connectivity index (χ3n) is 4.49. The van der Waals surface area contributed by atoms with Crippen molar-refractivity contribution in [1.29, 1.82) is 0 Å². The van der Waals surface area contributed by atoms with Crippen molar-refractivity contribution in [2.24, 2.45) is 17.6 Å². The summed E-state index contributed by atoms with van der Waals surface area (Å²) in [5.74, 6) is 0.993. The Labute approximate surface area is 121 Å². The maximum Gasteiger partial charge on any atom is 0.223 e. The van der Waals surface area contributed by atoms with Gasteiger partial charge in [-0.25, -0.2) is 0 Å². The minimum absolute atomic E-state index is 0.0790. The predicted molar refractivity (Wildman–Crippen MR) is 82.2 cm³/mol. The molecule has 3 heteroatoms. The average molecular weight is 274 g/mol. The van der Waals surface area contributed by atoms with Gasteiger partial charge in [0.2, 0.25) is 5.91 Å². The molecule has 1 amide bonds. The van der Waals surface area contributed by atoms with Gasteiger partial charge in [-0.15, -0.1) is 0 Å². The number of nitrogens with two attached hydrogens (primary N) is 1. The molecular formula is C17H26N2O. The standard InChI is InChI=1S/C17H26N2O/c1-12-3-7-15(8-4-12)13(2)19-17(20)16-9-5-14(11-18)6-10-16/h3-4,7-8,13-14,16H,5-6,9-11,18H2,1-2H3,(H,19,20)/t13-,14?,16?/m1/s1. The molecule has 0 heterocycles. The van der Waals surface area contributed by atoms with E-state index in [4.69, 9.17) is 5.73 Å². The largest absolute Gasteiger partial charge is 0.349 e. The van der Waals surface area contributed by atoms with Crippen LogP contribution in [0, 0.1) is 18.8 Å². The van der Waals surface area contributed by atoms with Crippen molar-refractivity contribution in [3.63, 3.8) is 0 Å². The maximum absolute atomic E-state index is 12.3. The summed E-state index contributed by atoms with van der Waals surface area (Å²) in [5, 5.41) is 3.15. The Morgan fingerprint density at radius 3 is 2.40 bits per heavy atom. The Morgan fingerprint density at radius 2 is 1.85 bits per heavy atom. The lowest BCUT2D eigenvalue weighted by molar-refractivity contribution is -0.126. The molecule has 1 atom stereocenters. The lowest BCUT2D eigenvalue weighted by Crippen LogP contribution is -2.35. The van der Waals surface area contributed by atoms with E-state index in [2.05, 4.69) is 36.5 Å². The molecule has 1 saturated carbocycles. The predicted octanol–water partition coefficient (Wildman–Crippen LogP) is 2.94. The number of hydrogen-bond donors (Lipinski definition) is 2. The highest BCUT2D eigenvalue weighted by atomic mass is 16.1. The molecule has 0 saturated heterocycles. The minimum atomic E-state index is 0.0790. The van der Waals surface area contributed by atoms with Crippen molar-refractivity contribution in [3.8, 4) is 0 Å². The van der Waals surface area contributed by atoms with Gasteiger partial charge in [0.1, 0.15) is 0 Å². The molecule has 0 bridgehead atoms. The fraction of sp³-hybridized carbons (Fsp3) is 0.588. The average Bonchev–Trinajstić information content (AvgIpc) is 2.48. The summed E-state index contributed by atoms with van der Waals surface area (Å²) < 4.78 is 0. The number of hydrogen-bond acceptors (Lipinski definition) is 2. The van der Waals surface area contributed by atoms with Gasteiger partial charge >= 0.3 is 0 Å². The van der Waals surface area contributed by atoms with Crippen LogP contribution in [0.15, 0.2) is 24.3 Å². The van der Waals surface area contributed by atoms with E-state index in [1.54, 1.807) is 0 Å². The van der Waals surface area contributed by atoms with Gasteiger partial charge in [-0.2, -0.15) is 0 Å². The zero-order valence-corrected chi connectivity index (χ0v) is 12.6. The number of carbonyl (C=O) groups is 1. The SMILES string of the molecule is Cc1ccc([C@@H](C)NC(=O)C2CCC(CN)CC2)cc1. The Morgan fingerprint density at radius 1 is 1.25 bits per heavy atom. The van der Waals surface area contributed by atoms with E-state index < -0.39 is 0 Å². The van der Waals surface area contributed by atoms with Crippen molar-refractivity contribution < 1.29 is 4.79 Å². The fourth-order valence-corrected chi connectivity index (χ4v) is 2.93. The molecule has 1 aromatic rings. The molecule has 0 unspecified atom stereocenters. The van der Waals surface area contributed by atoms with Crippen LogP contribution >= 0.6 is 0 Å².